The van der Waals surface area contributed by atoms with Gasteiger partial charge in [0.15, 0.2) is 0 Å². The van der Waals surface area contributed by atoms with Crippen LogP contribution in [-0.2, 0) is 0 Å². The van der Waals surface area contributed by atoms with Crippen molar-refractivity contribution in [1.82, 2.24) is 0 Å². The summed E-state index contributed by atoms with van der Waals surface area (Å²) in [6.45, 7) is 7.36. The van der Waals surface area contributed by atoms with Crippen LogP contribution in [0.2, 0.25) is 0 Å². The average molecular weight is 363 g/mol. The molecule has 1 nitrogen and oxygen atoms in total. The summed E-state index contributed by atoms with van der Waals surface area (Å²) in [4.78, 5) is 0. The van der Waals surface area contributed by atoms with Gasteiger partial charge in [-0.1, -0.05) is 90.9 Å². The maximum absolute atomic E-state index is 2.43. The number of rotatable bonds is 18. The Morgan fingerprint density at radius 3 is 0.958 bits per heavy atom. The molecule has 0 aromatic heterocycles. The highest BCUT2D eigenvalue weighted by Crippen LogP contribution is 2.13. The topological polar surface area (TPSA) is 0 Å². The Morgan fingerprint density at radius 2 is 0.667 bits per heavy atom. The first-order valence-electron chi connectivity index (χ1n) is 10.9. The molecule has 0 bridgehead atoms. The molecule has 0 saturated heterocycles. The minimum Gasteiger partial charge on any atom is -0.328 e. The molecule has 2 heteroatoms. The molecule has 0 heterocycles. The van der Waals surface area contributed by atoms with Gasteiger partial charge in [-0.15, -0.1) is 12.4 Å². The molecule has 0 atom stereocenters. The second-order valence-corrected chi connectivity index (χ2v) is 8.33. The fourth-order valence-corrected chi connectivity index (χ4v) is 3.46. The lowest BCUT2D eigenvalue weighted by molar-refractivity contribution is -0.890. The lowest BCUT2D eigenvalue weighted by atomic mass is 10.1. The van der Waals surface area contributed by atoms with Crippen molar-refractivity contribution < 1.29 is 4.48 Å². The van der Waals surface area contributed by atoms with Crippen LogP contribution in [0.25, 0.3) is 0 Å². The van der Waals surface area contributed by atoms with Crippen LogP contribution in [0.5, 0.6) is 0 Å². The zero-order valence-electron chi connectivity index (χ0n) is 17.6. The van der Waals surface area contributed by atoms with Crippen LogP contribution in [0.1, 0.15) is 117 Å². The third-order valence-electron chi connectivity index (χ3n) is 5.23. The molecule has 0 N–H and O–H groups in total. The number of hydrogen-bond donors (Lipinski definition) is 0. The van der Waals surface area contributed by atoms with E-state index in [1.54, 1.807) is 0 Å². The van der Waals surface area contributed by atoms with E-state index in [4.69, 9.17) is 0 Å². The first kappa shape index (κ1) is 26.5. The number of halogens is 1. The molecule has 0 saturated carbocycles. The molecule has 0 unspecified atom stereocenters. The Balaban J connectivity index is 0. The van der Waals surface area contributed by atoms with Gasteiger partial charge in [0.1, 0.15) is 0 Å². The van der Waals surface area contributed by atoms with Crippen LogP contribution in [0, 0.1) is 0 Å². The van der Waals surface area contributed by atoms with E-state index in [0.29, 0.717) is 0 Å². The van der Waals surface area contributed by atoms with Gasteiger partial charge >= 0.3 is 0 Å². The third-order valence-corrected chi connectivity index (χ3v) is 5.23. The molecule has 24 heavy (non-hydrogen) atoms. The molecule has 0 aliphatic carbocycles. The highest BCUT2D eigenvalue weighted by atomic mass is 35.5. The van der Waals surface area contributed by atoms with Gasteiger partial charge < -0.3 is 4.48 Å². The molecule has 0 aromatic carbocycles. The number of hydrogen-bond acceptors (Lipinski definition) is 0. The normalized spacial score (nSPS) is 11.5. The molecule has 0 spiro atoms. The van der Waals surface area contributed by atoms with E-state index in [0.717, 1.165) is 0 Å². The van der Waals surface area contributed by atoms with Crippen molar-refractivity contribution in [3.8, 4) is 0 Å². The van der Waals surface area contributed by atoms with Gasteiger partial charge in [0.2, 0.25) is 0 Å². The highest BCUT2D eigenvalue weighted by Gasteiger charge is 2.13. The molecular formula is C22H49ClN+. The van der Waals surface area contributed by atoms with Crippen LogP contribution >= 0.6 is 12.4 Å². The van der Waals surface area contributed by atoms with Crippen molar-refractivity contribution in [3.63, 3.8) is 0 Å². The molecular weight excluding hydrogens is 314 g/mol. The summed E-state index contributed by atoms with van der Waals surface area (Å²) in [6.07, 6.45) is 23.0. The highest BCUT2D eigenvalue weighted by molar-refractivity contribution is 5.85. The predicted octanol–water partition coefficient (Wildman–Crippen LogP) is 7.77. The SMILES string of the molecule is CCCCCCCCCCCC[N+](C)(C)CCCCCCCC.Cl. The Bertz CT molecular complexity index is 228. The van der Waals surface area contributed by atoms with E-state index in [1.165, 1.54) is 120 Å². The van der Waals surface area contributed by atoms with Gasteiger partial charge in [-0.05, 0) is 25.7 Å². The molecule has 0 fully saturated rings. The quantitative estimate of drug-likeness (QED) is 0.172. The molecule has 0 amide bonds. The van der Waals surface area contributed by atoms with E-state index in [9.17, 15) is 0 Å². The second-order valence-electron chi connectivity index (χ2n) is 8.33. The monoisotopic (exact) mass is 362 g/mol. The largest absolute Gasteiger partial charge is 0.328 e. The fourth-order valence-electron chi connectivity index (χ4n) is 3.46. The van der Waals surface area contributed by atoms with E-state index < -0.39 is 0 Å². The third kappa shape index (κ3) is 20.3. The Morgan fingerprint density at radius 1 is 0.417 bits per heavy atom. The smallest absolute Gasteiger partial charge is 0.0782 e. The lowest BCUT2D eigenvalue weighted by Crippen LogP contribution is -2.41. The number of nitrogens with zero attached hydrogens (tertiary/aromatic N) is 1. The summed E-state index contributed by atoms with van der Waals surface area (Å²) >= 11 is 0. The van der Waals surface area contributed by atoms with Crippen LogP contribution in [0.3, 0.4) is 0 Å². The molecule has 0 aliphatic heterocycles. The minimum absolute atomic E-state index is 0. The molecule has 148 valence electrons. The maximum atomic E-state index is 2.43. The van der Waals surface area contributed by atoms with E-state index in [1.807, 2.05) is 0 Å². The van der Waals surface area contributed by atoms with Gasteiger partial charge in [-0.25, -0.2) is 0 Å². The summed E-state index contributed by atoms with van der Waals surface area (Å²) in [5.41, 5.74) is 0. The zero-order valence-corrected chi connectivity index (χ0v) is 18.4. The van der Waals surface area contributed by atoms with Crippen molar-refractivity contribution in [2.45, 2.75) is 117 Å². The minimum atomic E-state index is 0. The van der Waals surface area contributed by atoms with Crippen molar-refractivity contribution >= 4 is 12.4 Å². The van der Waals surface area contributed by atoms with Gasteiger partial charge in [0.05, 0.1) is 27.2 Å². The Labute approximate surface area is 161 Å². The summed E-state index contributed by atoms with van der Waals surface area (Å²) in [5.74, 6) is 0. The lowest BCUT2D eigenvalue weighted by Gasteiger charge is -2.30. The first-order valence-corrected chi connectivity index (χ1v) is 10.9. The van der Waals surface area contributed by atoms with Crippen LogP contribution in [0.4, 0.5) is 0 Å². The average Bonchev–Trinajstić information content (AvgIpc) is 2.52. The van der Waals surface area contributed by atoms with E-state index in [-0.39, 0.29) is 12.4 Å². The second kappa shape index (κ2) is 19.6. The zero-order chi connectivity index (χ0) is 17.2. The van der Waals surface area contributed by atoms with Crippen LogP contribution < -0.4 is 0 Å². The maximum Gasteiger partial charge on any atom is 0.0782 e. The van der Waals surface area contributed by atoms with Crippen molar-refractivity contribution in [3.05, 3.63) is 0 Å². The van der Waals surface area contributed by atoms with Crippen molar-refractivity contribution in [2.75, 3.05) is 27.2 Å². The van der Waals surface area contributed by atoms with E-state index >= 15 is 0 Å². The summed E-state index contributed by atoms with van der Waals surface area (Å²) < 4.78 is 1.24. The first-order chi connectivity index (χ1) is 11.1. The van der Waals surface area contributed by atoms with Gasteiger partial charge in [-0.2, -0.15) is 0 Å². The number of quaternary nitrogens is 1. The van der Waals surface area contributed by atoms with Crippen LogP contribution in [-0.4, -0.2) is 31.7 Å². The standard InChI is InChI=1S/C22H48N.ClH/c1-5-7-9-11-13-14-15-16-18-20-22-23(3,4)21-19-17-12-10-8-6-2;/h5-22H2,1-4H3;1H/q+1;. The van der Waals surface area contributed by atoms with Crippen molar-refractivity contribution in [1.29, 1.82) is 0 Å². The van der Waals surface area contributed by atoms with Gasteiger partial charge in [-0.3, -0.25) is 0 Å². The van der Waals surface area contributed by atoms with Gasteiger partial charge in [0.25, 0.3) is 0 Å². The fraction of sp³-hybridized carbons (Fsp3) is 1.00. The summed E-state index contributed by atoms with van der Waals surface area (Å²) in [5, 5.41) is 0. The van der Waals surface area contributed by atoms with E-state index in [2.05, 4.69) is 27.9 Å². The predicted molar refractivity (Wildman–Crippen MR) is 114 cm³/mol. The summed E-state index contributed by atoms with van der Waals surface area (Å²) in [7, 11) is 4.86. The Kier molecular flexibility index (Phi) is 21.6. The molecule has 0 aliphatic rings. The number of unbranched alkanes of at least 4 members (excludes halogenated alkanes) is 14. The molecule has 0 aromatic rings. The summed E-state index contributed by atoms with van der Waals surface area (Å²) in [6, 6.07) is 0. The molecule has 0 rings (SSSR count). The molecule has 0 radical (unpaired) electrons. The van der Waals surface area contributed by atoms with Crippen LogP contribution in [0.15, 0.2) is 0 Å². The van der Waals surface area contributed by atoms with Crippen molar-refractivity contribution in [2.24, 2.45) is 0 Å². The Hall–Kier alpha value is 0.250. The van der Waals surface area contributed by atoms with Gasteiger partial charge in [0, 0.05) is 0 Å².